The number of hydrogen-bond donors (Lipinski definition) is 2. The molecule has 21 heavy (non-hydrogen) atoms. The lowest BCUT2D eigenvalue weighted by Crippen LogP contribution is -2.05. The molecule has 0 aliphatic carbocycles. The molecule has 0 atom stereocenters. The fourth-order valence-corrected chi connectivity index (χ4v) is 1.81. The lowest BCUT2D eigenvalue weighted by atomic mass is 10.1. The van der Waals surface area contributed by atoms with Crippen LogP contribution in [0.25, 0.3) is 0 Å². The van der Waals surface area contributed by atoms with Crippen molar-refractivity contribution >= 4 is 28.9 Å². The summed E-state index contributed by atoms with van der Waals surface area (Å²) in [6, 6.07) is 8.51. The Kier molecular flexibility index (Phi) is 4.09. The lowest BCUT2D eigenvalue weighted by molar-refractivity contribution is -0.137. The third-order valence-electron chi connectivity index (χ3n) is 2.70. The van der Waals surface area contributed by atoms with Crippen LogP contribution in [-0.4, -0.2) is 11.1 Å². The first-order valence-corrected chi connectivity index (χ1v) is 6.12. The van der Waals surface area contributed by atoms with Gasteiger partial charge in [-0.3, -0.25) is 0 Å². The summed E-state index contributed by atoms with van der Waals surface area (Å²) in [6.07, 6.45) is -4.46. The van der Waals surface area contributed by atoms with Crippen LogP contribution in [0.3, 0.4) is 0 Å². The number of carbonyl (C=O) groups is 1. The molecule has 0 aliphatic rings. The zero-order chi connectivity index (χ0) is 15.6. The van der Waals surface area contributed by atoms with Crippen molar-refractivity contribution in [2.45, 2.75) is 6.18 Å². The van der Waals surface area contributed by atoms with Crippen molar-refractivity contribution in [3.8, 4) is 0 Å². The van der Waals surface area contributed by atoms with Crippen molar-refractivity contribution in [2.75, 3.05) is 5.32 Å². The van der Waals surface area contributed by atoms with Gasteiger partial charge in [-0.05, 0) is 42.5 Å². The van der Waals surface area contributed by atoms with Crippen molar-refractivity contribution in [3.05, 3.63) is 58.6 Å². The number of alkyl halides is 3. The van der Waals surface area contributed by atoms with E-state index in [4.69, 9.17) is 16.7 Å². The minimum absolute atomic E-state index is 0.0793. The molecule has 0 saturated heterocycles. The second-order valence-electron chi connectivity index (χ2n) is 4.20. The summed E-state index contributed by atoms with van der Waals surface area (Å²) >= 11 is 5.85. The fraction of sp³-hybridized carbons (Fsp3) is 0.0714. The van der Waals surface area contributed by atoms with Crippen molar-refractivity contribution < 1.29 is 23.1 Å². The van der Waals surface area contributed by atoms with Crippen LogP contribution in [0, 0.1) is 0 Å². The normalized spacial score (nSPS) is 11.2. The number of carboxylic acid groups (broad SMARTS) is 1. The molecule has 0 aliphatic heterocycles. The Bertz CT molecular complexity index is 669. The minimum Gasteiger partial charge on any atom is -0.478 e. The van der Waals surface area contributed by atoms with E-state index in [0.717, 1.165) is 18.2 Å². The molecule has 0 fully saturated rings. The summed E-state index contributed by atoms with van der Waals surface area (Å²) in [5.41, 5.74) is -0.219. The highest BCUT2D eigenvalue weighted by Crippen LogP contribution is 2.34. The van der Waals surface area contributed by atoms with Gasteiger partial charge in [0.25, 0.3) is 0 Å². The van der Waals surface area contributed by atoms with E-state index in [0.29, 0.717) is 5.69 Å². The van der Waals surface area contributed by atoms with Crippen molar-refractivity contribution in [1.29, 1.82) is 0 Å². The Balaban J connectivity index is 2.28. The van der Waals surface area contributed by atoms with Crippen LogP contribution >= 0.6 is 11.6 Å². The van der Waals surface area contributed by atoms with Crippen LogP contribution in [0.4, 0.5) is 24.5 Å². The number of hydrogen-bond acceptors (Lipinski definition) is 2. The summed E-state index contributed by atoms with van der Waals surface area (Å²) < 4.78 is 37.9. The first kappa shape index (κ1) is 15.2. The second kappa shape index (κ2) is 5.65. The van der Waals surface area contributed by atoms with Crippen LogP contribution in [0.2, 0.25) is 5.02 Å². The van der Waals surface area contributed by atoms with Crippen LogP contribution in [0.5, 0.6) is 0 Å². The zero-order valence-corrected chi connectivity index (χ0v) is 11.2. The number of aromatic carboxylic acids is 1. The number of carboxylic acids is 1. The van der Waals surface area contributed by atoms with Crippen molar-refractivity contribution in [1.82, 2.24) is 0 Å². The van der Waals surface area contributed by atoms with E-state index in [9.17, 15) is 18.0 Å². The molecule has 0 amide bonds. The molecule has 3 nitrogen and oxygen atoms in total. The SMILES string of the molecule is O=C(O)c1ccc(Nc2cc(C(F)(F)F)ccc2Cl)cc1. The quantitative estimate of drug-likeness (QED) is 0.855. The highest BCUT2D eigenvalue weighted by Gasteiger charge is 2.30. The van der Waals surface area contributed by atoms with E-state index in [-0.39, 0.29) is 16.3 Å². The van der Waals surface area contributed by atoms with Gasteiger partial charge in [-0.15, -0.1) is 0 Å². The molecule has 2 aromatic rings. The maximum absolute atomic E-state index is 12.6. The Morgan fingerprint density at radius 3 is 2.24 bits per heavy atom. The summed E-state index contributed by atoms with van der Waals surface area (Å²) in [7, 11) is 0. The Labute approximate surface area is 123 Å². The summed E-state index contributed by atoms with van der Waals surface area (Å²) in [5, 5.41) is 11.6. The Hall–Kier alpha value is -2.21. The molecule has 0 spiro atoms. The molecule has 2 N–H and O–H groups in total. The number of anilines is 2. The third-order valence-corrected chi connectivity index (χ3v) is 3.03. The molecular formula is C14H9ClF3NO2. The average molecular weight is 316 g/mol. The van der Waals surface area contributed by atoms with Gasteiger partial charge in [-0.1, -0.05) is 11.6 Å². The topological polar surface area (TPSA) is 49.3 Å². The first-order chi connectivity index (χ1) is 9.77. The smallest absolute Gasteiger partial charge is 0.416 e. The highest BCUT2D eigenvalue weighted by atomic mass is 35.5. The summed E-state index contributed by atoms with van der Waals surface area (Å²) in [6.45, 7) is 0. The average Bonchev–Trinajstić information content (AvgIpc) is 2.40. The van der Waals surface area contributed by atoms with Gasteiger partial charge in [0, 0.05) is 5.69 Å². The van der Waals surface area contributed by atoms with Crippen LogP contribution < -0.4 is 5.32 Å². The van der Waals surface area contributed by atoms with Gasteiger partial charge < -0.3 is 10.4 Å². The van der Waals surface area contributed by atoms with E-state index in [1.165, 1.54) is 24.3 Å². The second-order valence-corrected chi connectivity index (χ2v) is 4.61. The zero-order valence-electron chi connectivity index (χ0n) is 10.4. The predicted octanol–water partition coefficient (Wildman–Crippen LogP) is 4.80. The van der Waals surface area contributed by atoms with E-state index in [1.807, 2.05) is 0 Å². The molecule has 0 saturated carbocycles. The maximum atomic E-state index is 12.6. The number of nitrogens with one attached hydrogen (secondary N) is 1. The van der Waals surface area contributed by atoms with Gasteiger partial charge in [0.05, 0.1) is 21.8 Å². The molecule has 2 aromatic carbocycles. The molecule has 7 heteroatoms. The van der Waals surface area contributed by atoms with Gasteiger partial charge in [-0.2, -0.15) is 13.2 Å². The molecule has 2 rings (SSSR count). The highest BCUT2D eigenvalue weighted by molar-refractivity contribution is 6.33. The van der Waals surface area contributed by atoms with E-state index >= 15 is 0 Å². The fourth-order valence-electron chi connectivity index (χ4n) is 1.65. The summed E-state index contributed by atoms with van der Waals surface area (Å²) in [5.74, 6) is -1.08. The van der Waals surface area contributed by atoms with E-state index < -0.39 is 17.7 Å². The molecular weight excluding hydrogens is 307 g/mol. The molecule has 110 valence electrons. The first-order valence-electron chi connectivity index (χ1n) is 5.74. The Morgan fingerprint density at radius 1 is 1.10 bits per heavy atom. The lowest BCUT2D eigenvalue weighted by Gasteiger charge is -2.12. The molecule has 0 radical (unpaired) electrons. The molecule has 0 bridgehead atoms. The summed E-state index contributed by atoms with van der Waals surface area (Å²) in [4.78, 5) is 10.7. The van der Waals surface area contributed by atoms with Crippen molar-refractivity contribution in [3.63, 3.8) is 0 Å². The van der Waals surface area contributed by atoms with Gasteiger partial charge >= 0.3 is 12.1 Å². The number of halogens is 4. The molecule has 0 heterocycles. The minimum atomic E-state index is -4.46. The predicted molar refractivity (Wildman–Crippen MR) is 73.1 cm³/mol. The monoisotopic (exact) mass is 315 g/mol. The maximum Gasteiger partial charge on any atom is 0.416 e. The van der Waals surface area contributed by atoms with Crippen LogP contribution in [0.15, 0.2) is 42.5 Å². The van der Waals surface area contributed by atoms with E-state index in [2.05, 4.69) is 5.32 Å². The molecule has 0 unspecified atom stereocenters. The molecule has 0 aromatic heterocycles. The number of benzene rings is 2. The van der Waals surface area contributed by atoms with Crippen molar-refractivity contribution in [2.24, 2.45) is 0 Å². The van der Waals surface area contributed by atoms with E-state index in [1.54, 1.807) is 0 Å². The van der Waals surface area contributed by atoms with Gasteiger partial charge in [0.15, 0.2) is 0 Å². The Morgan fingerprint density at radius 2 is 1.71 bits per heavy atom. The van der Waals surface area contributed by atoms with Gasteiger partial charge in [0.2, 0.25) is 0 Å². The van der Waals surface area contributed by atoms with Gasteiger partial charge in [-0.25, -0.2) is 4.79 Å². The van der Waals surface area contributed by atoms with Crippen LogP contribution in [0.1, 0.15) is 15.9 Å². The largest absolute Gasteiger partial charge is 0.478 e. The standard InChI is InChI=1S/C14H9ClF3NO2/c15-11-6-3-9(14(16,17)18)7-12(11)19-10-4-1-8(2-5-10)13(20)21/h1-7,19H,(H,20,21). The number of rotatable bonds is 3. The van der Waals surface area contributed by atoms with Gasteiger partial charge in [0.1, 0.15) is 0 Å². The third kappa shape index (κ3) is 3.66. The van der Waals surface area contributed by atoms with Crippen LogP contribution in [-0.2, 0) is 6.18 Å².